The second kappa shape index (κ2) is 2.64. The van der Waals surface area contributed by atoms with Crippen LogP contribution in [0.15, 0.2) is 0 Å². The number of rotatable bonds is 1. The van der Waals surface area contributed by atoms with E-state index in [0.717, 1.165) is 0 Å². The van der Waals surface area contributed by atoms with Gasteiger partial charge in [-0.1, -0.05) is 0 Å². The highest BCUT2D eigenvalue weighted by Crippen LogP contribution is 2.50. The molecular weight excluding hydrogens is 204 g/mol. The summed E-state index contributed by atoms with van der Waals surface area (Å²) in [4.78, 5) is 23.8. The quantitative estimate of drug-likeness (QED) is 0.575. The van der Waals surface area contributed by atoms with Gasteiger partial charge in [0.1, 0.15) is 17.5 Å². The summed E-state index contributed by atoms with van der Waals surface area (Å²) in [6, 6.07) is -1.27. The van der Waals surface area contributed by atoms with E-state index in [-0.39, 0.29) is 11.3 Å². The summed E-state index contributed by atoms with van der Waals surface area (Å²) in [6.07, 6.45) is 0. The molecule has 2 unspecified atom stereocenters. The molecule has 78 valence electrons. The van der Waals surface area contributed by atoms with E-state index in [0.29, 0.717) is 0 Å². The fourth-order valence-corrected chi connectivity index (χ4v) is 3.61. The third kappa shape index (κ3) is 1.01. The predicted octanol–water partition coefficient (Wildman–Crippen LogP) is -0.539. The van der Waals surface area contributed by atoms with Gasteiger partial charge in [-0.25, -0.2) is 4.79 Å². The number of carbonyl (C=O) groups is 2. The number of hydrogen-bond acceptors (Lipinski definition) is 4. The summed E-state index contributed by atoms with van der Waals surface area (Å²) in [6.45, 7) is 3.66. The van der Waals surface area contributed by atoms with Crippen molar-refractivity contribution in [2.45, 2.75) is 36.1 Å². The van der Waals surface area contributed by atoms with Crippen molar-refractivity contribution in [2.75, 3.05) is 0 Å². The summed E-state index contributed by atoms with van der Waals surface area (Å²) >= 11 is 1.47. The molecular formula is C8H12N2O3S. The van der Waals surface area contributed by atoms with Gasteiger partial charge in [-0.3, -0.25) is 4.79 Å². The van der Waals surface area contributed by atoms with E-state index in [1.165, 1.54) is 16.7 Å². The molecule has 5 nitrogen and oxygen atoms in total. The zero-order chi connectivity index (χ0) is 10.7. The standard InChI is InChI=1S/C8H12N2O3S/c1-8(2)4(7(12)13)10-5(11)3(9)6(10)14-8/h3-4,6H,9H2,1-2H3,(H,12,13)/t3?,4?,6-/m0/s1. The summed E-state index contributed by atoms with van der Waals surface area (Å²) in [5.41, 5.74) is 5.59. The van der Waals surface area contributed by atoms with Crippen molar-refractivity contribution in [2.24, 2.45) is 5.73 Å². The Hall–Kier alpha value is -0.750. The maximum Gasteiger partial charge on any atom is 0.327 e. The first kappa shape index (κ1) is 9.79. The van der Waals surface area contributed by atoms with Crippen molar-refractivity contribution in [3.63, 3.8) is 0 Å². The second-order valence-electron chi connectivity index (χ2n) is 4.12. The smallest absolute Gasteiger partial charge is 0.327 e. The van der Waals surface area contributed by atoms with Gasteiger partial charge in [0.15, 0.2) is 0 Å². The lowest BCUT2D eigenvalue weighted by Gasteiger charge is -2.41. The SMILES string of the molecule is CC1(C)S[C@H]2C(N)C(=O)N2C1C(=O)O. The average molecular weight is 216 g/mol. The van der Waals surface area contributed by atoms with E-state index < -0.39 is 22.8 Å². The van der Waals surface area contributed by atoms with Crippen LogP contribution in [0.3, 0.4) is 0 Å². The van der Waals surface area contributed by atoms with Gasteiger partial charge in [0, 0.05) is 4.75 Å². The molecule has 1 amide bonds. The molecule has 0 bridgehead atoms. The van der Waals surface area contributed by atoms with Crippen LogP contribution >= 0.6 is 11.8 Å². The lowest BCUT2D eigenvalue weighted by atomic mass is 9.96. The lowest BCUT2D eigenvalue weighted by Crippen LogP contribution is -2.68. The number of hydrogen-bond donors (Lipinski definition) is 2. The molecule has 2 fully saturated rings. The minimum atomic E-state index is -0.953. The normalized spacial score (nSPS) is 39.2. The van der Waals surface area contributed by atoms with Gasteiger partial charge in [-0.2, -0.15) is 0 Å². The Morgan fingerprint density at radius 2 is 2.21 bits per heavy atom. The monoisotopic (exact) mass is 216 g/mol. The van der Waals surface area contributed by atoms with Gasteiger partial charge in [0.05, 0.1) is 0 Å². The van der Waals surface area contributed by atoms with Crippen LogP contribution < -0.4 is 5.73 Å². The number of aliphatic carboxylic acids is 1. The van der Waals surface area contributed by atoms with Crippen LogP contribution in [0.5, 0.6) is 0 Å². The molecule has 0 aliphatic carbocycles. The molecule has 0 saturated carbocycles. The van der Waals surface area contributed by atoms with Gasteiger partial charge >= 0.3 is 5.97 Å². The zero-order valence-corrected chi connectivity index (χ0v) is 8.75. The molecule has 2 saturated heterocycles. The second-order valence-corrected chi connectivity index (χ2v) is 5.89. The number of amides is 1. The van der Waals surface area contributed by atoms with Crippen LogP contribution in [0.1, 0.15) is 13.8 Å². The number of carbonyl (C=O) groups excluding carboxylic acids is 1. The summed E-state index contributed by atoms with van der Waals surface area (Å²) in [5, 5.41) is 8.87. The number of carboxylic acids is 1. The molecule has 2 rings (SSSR count). The molecule has 2 aliphatic heterocycles. The van der Waals surface area contributed by atoms with Crippen LogP contribution in [-0.4, -0.2) is 44.1 Å². The summed E-state index contributed by atoms with van der Waals surface area (Å²) in [7, 11) is 0. The molecule has 0 radical (unpaired) electrons. The third-order valence-electron chi connectivity index (χ3n) is 2.72. The Kier molecular flexibility index (Phi) is 1.84. The fraction of sp³-hybridized carbons (Fsp3) is 0.750. The Balaban J connectivity index is 2.32. The van der Waals surface area contributed by atoms with Gasteiger partial charge in [0.2, 0.25) is 5.91 Å². The Bertz CT molecular complexity index is 318. The van der Waals surface area contributed by atoms with Crippen molar-refractivity contribution >= 4 is 23.6 Å². The Labute approximate surface area is 85.6 Å². The maximum atomic E-state index is 11.4. The number of nitrogens with zero attached hydrogens (tertiary/aromatic N) is 1. The first-order valence-electron chi connectivity index (χ1n) is 4.34. The number of fused-ring (bicyclic) bond motifs is 1. The predicted molar refractivity (Wildman–Crippen MR) is 51.7 cm³/mol. The average Bonchev–Trinajstić information content (AvgIpc) is 2.34. The number of β-lactam (4-membered cyclic amide) rings is 1. The van der Waals surface area contributed by atoms with Crippen LogP contribution in [0.25, 0.3) is 0 Å². The molecule has 2 aliphatic rings. The van der Waals surface area contributed by atoms with Gasteiger partial charge in [-0.05, 0) is 13.8 Å². The summed E-state index contributed by atoms with van der Waals surface area (Å²) in [5.74, 6) is -1.20. The van der Waals surface area contributed by atoms with Crippen LogP contribution in [0.4, 0.5) is 0 Å². The van der Waals surface area contributed by atoms with E-state index in [1.807, 2.05) is 13.8 Å². The molecule has 2 heterocycles. The molecule has 3 atom stereocenters. The molecule has 0 aromatic heterocycles. The fourth-order valence-electron chi connectivity index (χ4n) is 2.04. The van der Waals surface area contributed by atoms with Crippen molar-refractivity contribution in [3.8, 4) is 0 Å². The number of thioether (sulfide) groups is 1. The highest BCUT2D eigenvalue weighted by atomic mass is 32.2. The first-order valence-corrected chi connectivity index (χ1v) is 5.22. The van der Waals surface area contributed by atoms with Crippen molar-refractivity contribution in [1.82, 2.24) is 4.90 Å². The third-order valence-corrected chi connectivity index (χ3v) is 4.31. The summed E-state index contributed by atoms with van der Waals surface area (Å²) < 4.78 is -0.458. The van der Waals surface area contributed by atoms with Crippen LogP contribution in [0, 0.1) is 0 Å². The van der Waals surface area contributed by atoms with E-state index in [2.05, 4.69) is 0 Å². The Morgan fingerprint density at radius 1 is 1.64 bits per heavy atom. The number of carboxylic acid groups (broad SMARTS) is 1. The Morgan fingerprint density at radius 3 is 2.71 bits per heavy atom. The van der Waals surface area contributed by atoms with Gasteiger partial charge < -0.3 is 15.7 Å². The van der Waals surface area contributed by atoms with Gasteiger partial charge in [-0.15, -0.1) is 11.8 Å². The van der Waals surface area contributed by atoms with Gasteiger partial charge in [0.25, 0.3) is 0 Å². The minimum absolute atomic E-state index is 0.154. The van der Waals surface area contributed by atoms with E-state index in [4.69, 9.17) is 10.8 Å². The van der Waals surface area contributed by atoms with Crippen molar-refractivity contribution in [3.05, 3.63) is 0 Å². The lowest BCUT2D eigenvalue weighted by molar-refractivity contribution is -0.159. The van der Waals surface area contributed by atoms with Crippen molar-refractivity contribution in [1.29, 1.82) is 0 Å². The van der Waals surface area contributed by atoms with Crippen LogP contribution in [0.2, 0.25) is 0 Å². The molecule has 6 heteroatoms. The maximum absolute atomic E-state index is 11.4. The molecule has 0 aromatic carbocycles. The van der Waals surface area contributed by atoms with E-state index >= 15 is 0 Å². The topological polar surface area (TPSA) is 83.6 Å². The molecule has 0 spiro atoms. The van der Waals surface area contributed by atoms with Crippen molar-refractivity contribution < 1.29 is 14.7 Å². The molecule has 14 heavy (non-hydrogen) atoms. The first-order chi connectivity index (χ1) is 6.36. The van der Waals surface area contributed by atoms with E-state index in [9.17, 15) is 9.59 Å². The molecule has 0 aromatic rings. The highest BCUT2D eigenvalue weighted by Gasteiger charge is 2.62. The minimum Gasteiger partial charge on any atom is -0.480 e. The largest absolute Gasteiger partial charge is 0.480 e. The van der Waals surface area contributed by atoms with E-state index in [1.54, 1.807) is 0 Å². The number of nitrogens with two attached hydrogens (primary N) is 1. The zero-order valence-electron chi connectivity index (χ0n) is 7.93. The highest BCUT2D eigenvalue weighted by molar-refractivity contribution is 8.01. The van der Waals surface area contributed by atoms with Crippen LogP contribution in [-0.2, 0) is 9.59 Å². The molecule has 3 N–H and O–H groups in total.